The van der Waals surface area contributed by atoms with E-state index >= 15 is 0 Å². The Kier molecular flexibility index (Phi) is 5.82. The second kappa shape index (κ2) is 7.48. The molecule has 1 aromatic rings. The topological polar surface area (TPSA) is 55.8 Å². The number of aliphatic hydroxyl groups excluding tert-OH is 1. The predicted octanol–water partition coefficient (Wildman–Crippen LogP) is 4.17. The van der Waals surface area contributed by atoms with Crippen molar-refractivity contribution in [3.63, 3.8) is 0 Å². The lowest BCUT2D eigenvalue weighted by atomic mass is 9.71. The van der Waals surface area contributed by atoms with Crippen LogP contribution in [0.3, 0.4) is 0 Å². The molecule has 3 rings (SSSR count). The van der Waals surface area contributed by atoms with Gasteiger partial charge in [-0.1, -0.05) is 43.7 Å². The lowest BCUT2D eigenvalue weighted by Crippen LogP contribution is -2.62. The highest BCUT2D eigenvalue weighted by molar-refractivity contribution is 7.62. The van der Waals surface area contributed by atoms with Crippen molar-refractivity contribution in [2.75, 3.05) is 6.54 Å². The van der Waals surface area contributed by atoms with Gasteiger partial charge >= 0.3 is 0 Å². The van der Waals surface area contributed by atoms with E-state index in [2.05, 4.69) is 25.4 Å². The first kappa shape index (κ1) is 20.2. The SMILES string of the molecule is CCN1C(C)(C)[C@@H]2CC[C@@H](C)C[C@H]2O[P+]1([O-])[C@@H](C)[C@H](O)c1ccccc1. The Balaban J connectivity index is 1.94. The molecule has 0 spiro atoms. The van der Waals surface area contributed by atoms with Crippen molar-refractivity contribution in [1.82, 2.24) is 4.67 Å². The van der Waals surface area contributed by atoms with Crippen LogP contribution in [-0.4, -0.2) is 33.6 Å². The summed E-state index contributed by atoms with van der Waals surface area (Å²) in [5, 5.41) is 11.0. The molecular formula is C21H34NO3P. The molecule has 1 aromatic carbocycles. The minimum atomic E-state index is -3.19. The number of nitrogens with zero attached hydrogens (tertiary/aromatic N) is 1. The lowest BCUT2D eigenvalue weighted by molar-refractivity contribution is -0.239. The van der Waals surface area contributed by atoms with Gasteiger partial charge in [0.15, 0.2) is 7.87 Å². The van der Waals surface area contributed by atoms with E-state index in [1.165, 1.54) is 6.42 Å². The fourth-order valence-corrected chi connectivity index (χ4v) is 8.24. The molecule has 0 radical (unpaired) electrons. The first-order chi connectivity index (χ1) is 12.2. The van der Waals surface area contributed by atoms with Crippen molar-refractivity contribution >= 4 is 7.87 Å². The maximum atomic E-state index is 14.2. The molecule has 1 saturated carbocycles. The molecule has 2 fully saturated rings. The van der Waals surface area contributed by atoms with Crippen LogP contribution in [0.2, 0.25) is 0 Å². The predicted molar refractivity (Wildman–Crippen MR) is 106 cm³/mol. The lowest BCUT2D eigenvalue weighted by Gasteiger charge is -2.59. The van der Waals surface area contributed by atoms with Crippen LogP contribution in [0.1, 0.15) is 65.5 Å². The molecule has 1 saturated heterocycles. The Morgan fingerprint density at radius 1 is 1.31 bits per heavy atom. The molecule has 1 aliphatic heterocycles. The van der Waals surface area contributed by atoms with E-state index in [1.54, 1.807) is 0 Å². The summed E-state index contributed by atoms with van der Waals surface area (Å²) in [6.45, 7) is 11.3. The molecule has 1 unspecified atom stereocenters. The second-order valence-electron chi connectivity index (χ2n) is 8.70. The summed E-state index contributed by atoms with van der Waals surface area (Å²) in [6, 6.07) is 9.52. The van der Waals surface area contributed by atoms with Gasteiger partial charge in [0.1, 0.15) is 17.9 Å². The summed E-state index contributed by atoms with van der Waals surface area (Å²) in [5.41, 5.74) is 0.131. The first-order valence-electron chi connectivity index (χ1n) is 10.0. The third kappa shape index (κ3) is 3.36. The van der Waals surface area contributed by atoms with E-state index in [0.29, 0.717) is 18.4 Å². The smallest absolute Gasteiger partial charge is 0.180 e. The van der Waals surface area contributed by atoms with Gasteiger partial charge in [-0.05, 0) is 52.0 Å². The van der Waals surface area contributed by atoms with Gasteiger partial charge in [0, 0.05) is 12.5 Å². The Morgan fingerprint density at radius 3 is 2.58 bits per heavy atom. The highest BCUT2D eigenvalue weighted by atomic mass is 31.2. The van der Waals surface area contributed by atoms with Crippen LogP contribution in [-0.2, 0) is 4.52 Å². The zero-order valence-corrected chi connectivity index (χ0v) is 17.7. The van der Waals surface area contributed by atoms with Crippen molar-refractivity contribution in [3.8, 4) is 0 Å². The van der Waals surface area contributed by atoms with Gasteiger partial charge in [0.2, 0.25) is 0 Å². The van der Waals surface area contributed by atoms with Gasteiger partial charge in [-0.25, -0.2) is 4.52 Å². The molecule has 1 heterocycles. The third-order valence-corrected chi connectivity index (χ3v) is 10.0. The molecule has 0 bridgehead atoms. The van der Waals surface area contributed by atoms with Crippen molar-refractivity contribution in [3.05, 3.63) is 35.9 Å². The Hall–Kier alpha value is -0.510. The molecule has 1 aliphatic carbocycles. The standard InChI is InChI=1S/C21H34NO3P/c1-6-22-21(4,5)18-13-12-15(2)14-19(18)25-26(22,24)16(3)20(23)17-10-8-7-9-11-17/h7-11,15-16,18-20,23H,6,12-14H2,1-5H3/t15-,16+,18-,19-,20+,26?/m1/s1. The van der Waals surface area contributed by atoms with Gasteiger partial charge in [0.25, 0.3) is 0 Å². The van der Waals surface area contributed by atoms with E-state index in [-0.39, 0.29) is 11.6 Å². The van der Waals surface area contributed by atoms with E-state index in [1.807, 2.05) is 44.2 Å². The quantitative estimate of drug-likeness (QED) is 0.798. The molecule has 26 heavy (non-hydrogen) atoms. The molecule has 0 aromatic heterocycles. The van der Waals surface area contributed by atoms with Crippen molar-refractivity contribution in [2.24, 2.45) is 11.8 Å². The molecule has 4 nitrogen and oxygen atoms in total. The van der Waals surface area contributed by atoms with E-state index in [0.717, 1.165) is 18.4 Å². The molecule has 2 aliphatic rings. The Morgan fingerprint density at radius 2 is 1.96 bits per heavy atom. The molecule has 0 amide bonds. The zero-order valence-electron chi connectivity index (χ0n) is 16.8. The number of fused-ring (bicyclic) bond motifs is 1. The molecule has 146 valence electrons. The zero-order chi connectivity index (χ0) is 19.1. The van der Waals surface area contributed by atoms with Crippen molar-refractivity contribution < 1.29 is 14.5 Å². The van der Waals surface area contributed by atoms with Crippen LogP contribution in [0.25, 0.3) is 0 Å². The monoisotopic (exact) mass is 379 g/mol. The van der Waals surface area contributed by atoms with Crippen molar-refractivity contribution in [1.29, 1.82) is 0 Å². The maximum absolute atomic E-state index is 14.2. The summed E-state index contributed by atoms with van der Waals surface area (Å²) in [5.74, 6) is 0.991. The Labute approximate surface area is 159 Å². The fourth-order valence-electron chi connectivity index (χ4n) is 5.08. The van der Waals surface area contributed by atoms with Gasteiger partial charge in [0.05, 0.1) is 5.54 Å². The Bertz CT molecular complexity index is 611. The highest BCUT2D eigenvalue weighted by Crippen LogP contribution is 2.70. The van der Waals surface area contributed by atoms with Crippen LogP contribution in [0.5, 0.6) is 0 Å². The molecule has 6 atom stereocenters. The molecular weight excluding hydrogens is 345 g/mol. The number of hydrogen-bond donors (Lipinski definition) is 1. The van der Waals surface area contributed by atoms with Crippen LogP contribution in [0.4, 0.5) is 0 Å². The second-order valence-corrected chi connectivity index (χ2v) is 11.3. The number of aliphatic hydroxyl groups is 1. The normalized spacial score (nSPS) is 37.0. The van der Waals surface area contributed by atoms with Crippen LogP contribution < -0.4 is 4.89 Å². The van der Waals surface area contributed by atoms with Crippen LogP contribution in [0, 0.1) is 11.8 Å². The number of benzene rings is 1. The first-order valence-corrected chi connectivity index (χ1v) is 11.7. The summed E-state index contributed by atoms with van der Waals surface area (Å²) >= 11 is 0. The van der Waals surface area contributed by atoms with Gasteiger partial charge in [-0.15, -0.1) is 0 Å². The van der Waals surface area contributed by atoms with E-state index in [9.17, 15) is 10.00 Å². The third-order valence-electron chi connectivity index (χ3n) is 6.66. The summed E-state index contributed by atoms with van der Waals surface area (Å²) in [6.07, 6.45) is 2.50. The minimum absolute atomic E-state index is 0.0211. The van der Waals surface area contributed by atoms with Gasteiger partial charge in [-0.2, -0.15) is 4.67 Å². The fraction of sp³-hybridized carbons (Fsp3) is 0.714. The minimum Gasteiger partial charge on any atom is -0.641 e. The van der Waals surface area contributed by atoms with Gasteiger partial charge in [-0.3, -0.25) is 0 Å². The largest absolute Gasteiger partial charge is 0.641 e. The molecule has 5 heteroatoms. The molecule has 1 N–H and O–H groups in total. The number of rotatable bonds is 4. The van der Waals surface area contributed by atoms with Crippen LogP contribution >= 0.6 is 7.87 Å². The number of hydrogen-bond acceptors (Lipinski definition) is 4. The summed E-state index contributed by atoms with van der Waals surface area (Å²) in [7, 11) is -3.19. The van der Waals surface area contributed by atoms with Crippen molar-refractivity contribution in [2.45, 2.75) is 77.3 Å². The average Bonchev–Trinajstić information content (AvgIpc) is 2.60. The maximum Gasteiger partial charge on any atom is 0.180 e. The van der Waals surface area contributed by atoms with Crippen LogP contribution in [0.15, 0.2) is 30.3 Å². The van der Waals surface area contributed by atoms with E-state index in [4.69, 9.17) is 4.52 Å². The highest BCUT2D eigenvalue weighted by Gasteiger charge is 2.61. The average molecular weight is 379 g/mol. The van der Waals surface area contributed by atoms with E-state index < -0.39 is 19.6 Å². The summed E-state index contributed by atoms with van der Waals surface area (Å²) in [4.78, 5) is 14.2. The van der Waals surface area contributed by atoms with Gasteiger partial charge < -0.3 is 10.00 Å². The summed E-state index contributed by atoms with van der Waals surface area (Å²) < 4.78 is 8.48.